The van der Waals surface area contributed by atoms with E-state index in [9.17, 15) is 13.2 Å². The smallest absolute Gasteiger partial charge is 0.282 e. The summed E-state index contributed by atoms with van der Waals surface area (Å²) >= 11 is 0. The van der Waals surface area contributed by atoms with Crippen LogP contribution in [0.25, 0.3) is 0 Å². The molecule has 1 atom stereocenters. The summed E-state index contributed by atoms with van der Waals surface area (Å²) < 4.78 is 38.7. The predicted octanol–water partition coefficient (Wildman–Crippen LogP) is 5.58. The molecule has 0 aliphatic heterocycles. The summed E-state index contributed by atoms with van der Waals surface area (Å²) in [4.78, 5) is 4.53. The zero-order valence-corrected chi connectivity index (χ0v) is 12.8. The van der Waals surface area contributed by atoms with Crippen molar-refractivity contribution in [3.8, 4) is 0 Å². The summed E-state index contributed by atoms with van der Waals surface area (Å²) in [7, 11) is 0. The van der Waals surface area contributed by atoms with Crippen molar-refractivity contribution in [2.75, 3.05) is 0 Å². The third kappa shape index (κ3) is 3.97. The summed E-state index contributed by atoms with van der Waals surface area (Å²) in [5.74, 6) is 0. The lowest BCUT2D eigenvalue weighted by Gasteiger charge is -2.12. The van der Waals surface area contributed by atoms with Gasteiger partial charge in [0, 0.05) is 5.71 Å². The summed E-state index contributed by atoms with van der Waals surface area (Å²) in [5, 5.41) is 0. The van der Waals surface area contributed by atoms with Crippen LogP contribution >= 0.6 is 0 Å². The number of benzene rings is 2. The molecule has 116 valence electrons. The molecule has 0 saturated heterocycles. The van der Waals surface area contributed by atoms with Crippen molar-refractivity contribution < 1.29 is 13.2 Å². The van der Waals surface area contributed by atoms with E-state index in [4.69, 9.17) is 0 Å². The highest BCUT2D eigenvalue weighted by Gasteiger charge is 2.31. The van der Waals surface area contributed by atoms with Crippen molar-refractivity contribution in [3.05, 3.63) is 70.8 Å². The average Bonchev–Trinajstić information content (AvgIpc) is 2.46. The van der Waals surface area contributed by atoms with E-state index in [1.54, 1.807) is 19.9 Å². The van der Waals surface area contributed by atoms with E-state index in [0.29, 0.717) is 16.8 Å². The Balaban J connectivity index is 2.35. The minimum atomic E-state index is -4.34. The number of hydrogen-bond acceptors (Lipinski definition) is 1. The van der Waals surface area contributed by atoms with Crippen LogP contribution in [0.1, 0.15) is 42.1 Å². The first kappa shape index (κ1) is 16.3. The van der Waals surface area contributed by atoms with Crippen molar-refractivity contribution >= 4 is 5.71 Å². The molecule has 0 radical (unpaired) electrons. The predicted molar refractivity (Wildman–Crippen MR) is 83.2 cm³/mol. The van der Waals surface area contributed by atoms with Gasteiger partial charge in [0.1, 0.15) is 0 Å². The number of alkyl halides is 3. The van der Waals surface area contributed by atoms with Gasteiger partial charge in [-0.05, 0) is 49.6 Å². The number of hydrogen-bond donors (Lipinski definition) is 0. The molecule has 0 bridgehead atoms. The first-order chi connectivity index (χ1) is 10.3. The van der Waals surface area contributed by atoms with Crippen LogP contribution in [-0.2, 0) is 6.18 Å². The molecule has 0 amide bonds. The Morgan fingerprint density at radius 1 is 1.05 bits per heavy atom. The monoisotopic (exact) mass is 305 g/mol. The van der Waals surface area contributed by atoms with E-state index in [1.807, 2.05) is 37.3 Å². The Labute approximate surface area is 128 Å². The lowest BCUT2D eigenvalue weighted by Crippen LogP contribution is -2.08. The molecule has 2 aromatic carbocycles. The zero-order chi connectivity index (χ0) is 16.3. The first-order valence-electron chi connectivity index (χ1n) is 7.06. The van der Waals surface area contributed by atoms with E-state index in [1.165, 1.54) is 0 Å². The molecule has 2 rings (SSSR count). The van der Waals surface area contributed by atoms with Crippen LogP contribution < -0.4 is 0 Å². The molecule has 0 spiro atoms. The van der Waals surface area contributed by atoms with Crippen LogP contribution in [0.2, 0.25) is 0 Å². The van der Waals surface area contributed by atoms with Crippen LogP contribution in [0, 0.1) is 6.92 Å². The molecule has 0 aliphatic rings. The van der Waals surface area contributed by atoms with Crippen molar-refractivity contribution in [1.29, 1.82) is 0 Å². The van der Waals surface area contributed by atoms with Crippen LogP contribution in [-0.4, -0.2) is 5.71 Å². The van der Waals surface area contributed by atoms with Gasteiger partial charge in [-0.2, -0.15) is 13.2 Å². The highest BCUT2D eigenvalue weighted by molar-refractivity contribution is 5.99. The number of nitrogens with zero attached hydrogens (tertiary/aromatic N) is 1. The molecule has 22 heavy (non-hydrogen) atoms. The van der Waals surface area contributed by atoms with E-state index in [-0.39, 0.29) is 6.04 Å². The van der Waals surface area contributed by atoms with E-state index >= 15 is 0 Å². The Hall–Kier alpha value is -2.10. The first-order valence-corrected chi connectivity index (χ1v) is 7.06. The lowest BCUT2D eigenvalue weighted by molar-refractivity contribution is -0.137. The average molecular weight is 305 g/mol. The molecule has 0 saturated carbocycles. The van der Waals surface area contributed by atoms with Crippen molar-refractivity contribution in [2.45, 2.75) is 33.0 Å². The highest BCUT2D eigenvalue weighted by atomic mass is 19.4. The maximum atomic E-state index is 12.9. The maximum absolute atomic E-state index is 12.9. The van der Waals surface area contributed by atoms with Crippen LogP contribution in [0.15, 0.2) is 53.5 Å². The second-order valence-corrected chi connectivity index (χ2v) is 5.39. The van der Waals surface area contributed by atoms with E-state index < -0.39 is 11.7 Å². The summed E-state index contributed by atoms with van der Waals surface area (Å²) in [6.07, 6.45) is -4.34. The quantitative estimate of drug-likeness (QED) is 0.656. The fourth-order valence-electron chi connectivity index (χ4n) is 2.33. The second-order valence-electron chi connectivity index (χ2n) is 5.39. The lowest BCUT2D eigenvalue weighted by atomic mass is 10.0. The fraction of sp³-hybridized carbons (Fsp3) is 0.278. The maximum Gasteiger partial charge on any atom is 0.416 e. The van der Waals surface area contributed by atoms with Gasteiger partial charge in [0.05, 0.1) is 11.6 Å². The Morgan fingerprint density at radius 3 is 2.27 bits per heavy atom. The fourth-order valence-corrected chi connectivity index (χ4v) is 2.33. The van der Waals surface area contributed by atoms with Gasteiger partial charge in [0.2, 0.25) is 0 Å². The summed E-state index contributed by atoms with van der Waals surface area (Å²) in [5.41, 5.74) is 2.09. The minimum Gasteiger partial charge on any atom is -0.282 e. The number of halogens is 3. The summed E-state index contributed by atoms with van der Waals surface area (Å²) in [6, 6.07) is 13.6. The Bertz CT molecular complexity index is 672. The van der Waals surface area contributed by atoms with Crippen LogP contribution in [0.4, 0.5) is 13.2 Å². The standard InChI is InChI=1S/C18H18F3N/c1-12-9-16(11-17(10-12)18(19,20)21)14(3)22-13(2)15-7-5-4-6-8-15/h4-11,13H,1-3H3/t13-/m0/s1. The molecule has 1 nitrogen and oxygen atoms in total. The molecule has 0 heterocycles. The topological polar surface area (TPSA) is 12.4 Å². The molecule has 2 aromatic rings. The molecule has 0 aromatic heterocycles. The SMILES string of the molecule is CC(=N[C@@H](C)c1ccccc1)c1cc(C)cc(C(F)(F)F)c1. The zero-order valence-electron chi connectivity index (χ0n) is 12.8. The van der Waals surface area contributed by atoms with Crippen molar-refractivity contribution in [2.24, 2.45) is 4.99 Å². The number of rotatable bonds is 3. The van der Waals surface area contributed by atoms with Gasteiger partial charge in [-0.3, -0.25) is 4.99 Å². The van der Waals surface area contributed by atoms with Gasteiger partial charge in [-0.1, -0.05) is 36.4 Å². The highest BCUT2D eigenvalue weighted by Crippen LogP contribution is 2.31. The molecular weight excluding hydrogens is 287 g/mol. The van der Waals surface area contributed by atoms with Gasteiger partial charge < -0.3 is 0 Å². The third-order valence-corrected chi connectivity index (χ3v) is 3.49. The largest absolute Gasteiger partial charge is 0.416 e. The molecule has 0 unspecified atom stereocenters. The normalized spacial score (nSPS) is 14.0. The van der Waals surface area contributed by atoms with Crippen LogP contribution in [0.3, 0.4) is 0 Å². The molecule has 4 heteroatoms. The van der Waals surface area contributed by atoms with E-state index in [0.717, 1.165) is 17.7 Å². The number of aryl methyl sites for hydroxylation is 1. The summed E-state index contributed by atoms with van der Waals surface area (Å²) in [6.45, 7) is 5.33. The number of aliphatic imine (C=N–C) groups is 1. The second kappa shape index (κ2) is 6.34. The van der Waals surface area contributed by atoms with Crippen LogP contribution in [0.5, 0.6) is 0 Å². The molecule has 0 fully saturated rings. The van der Waals surface area contributed by atoms with Gasteiger partial charge in [0.15, 0.2) is 0 Å². The minimum absolute atomic E-state index is 0.101. The van der Waals surface area contributed by atoms with E-state index in [2.05, 4.69) is 4.99 Å². The van der Waals surface area contributed by atoms with Crippen molar-refractivity contribution in [3.63, 3.8) is 0 Å². The molecular formula is C18H18F3N. The Morgan fingerprint density at radius 2 is 1.68 bits per heavy atom. The molecule has 0 aliphatic carbocycles. The van der Waals surface area contributed by atoms with Gasteiger partial charge in [0.25, 0.3) is 0 Å². The van der Waals surface area contributed by atoms with Crippen molar-refractivity contribution in [1.82, 2.24) is 0 Å². The van der Waals surface area contributed by atoms with Gasteiger partial charge >= 0.3 is 6.18 Å². The third-order valence-electron chi connectivity index (χ3n) is 3.49. The Kier molecular flexibility index (Phi) is 4.69. The van der Waals surface area contributed by atoms with Gasteiger partial charge in [-0.25, -0.2) is 0 Å². The molecule has 0 N–H and O–H groups in total. The van der Waals surface area contributed by atoms with Gasteiger partial charge in [-0.15, -0.1) is 0 Å².